The summed E-state index contributed by atoms with van der Waals surface area (Å²) in [5.41, 5.74) is 2.70. The molecule has 1 aliphatic heterocycles. The Morgan fingerprint density at radius 1 is 1.25 bits per heavy atom. The molecule has 1 aliphatic rings. The van der Waals surface area contributed by atoms with Crippen LogP contribution in [0.2, 0.25) is 0 Å². The predicted molar refractivity (Wildman–Crippen MR) is 91.6 cm³/mol. The number of thiophene rings is 1. The Kier molecular flexibility index (Phi) is 4.76. The summed E-state index contributed by atoms with van der Waals surface area (Å²) >= 11 is 1.63. The van der Waals surface area contributed by atoms with Crippen molar-refractivity contribution in [2.24, 2.45) is 5.92 Å². The van der Waals surface area contributed by atoms with E-state index < -0.39 is 0 Å². The smallest absolute Gasteiger partial charge is 0.251 e. The van der Waals surface area contributed by atoms with Gasteiger partial charge in [-0.2, -0.15) is 0 Å². The number of rotatable bonds is 5. The molecule has 0 radical (unpaired) electrons. The summed E-state index contributed by atoms with van der Waals surface area (Å²) < 4.78 is 0. The van der Waals surface area contributed by atoms with Gasteiger partial charge in [0, 0.05) is 16.9 Å². The van der Waals surface area contributed by atoms with Crippen LogP contribution < -0.4 is 10.6 Å². The molecule has 0 unspecified atom stereocenters. The number of imide groups is 1. The van der Waals surface area contributed by atoms with Crippen molar-refractivity contribution in [1.29, 1.82) is 0 Å². The highest BCUT2D eigenvalue weighted by atomic mass is 32.1. The van der Waals surface area contributed by atoms with Crippen molar-refractivity contribution in [3.05, 3.63) is 57.3 Å². The molecule has 124 valence electrons. The summed E-state index contributed by atoms with van der Waals surface area (Å²) in [6.07, 6.45) is 0.745. The number of benzene rings is 1. The van der Waals surface area contributed by atoms with Gasteiger partial charge in [-0.05, 0) is 48.1 Å². The third-order valence-electron chi connectivity index (χ3n) is 4.14. The molecule has 2 heterocycles. The van der Waals surface area contributed by atoms with Crippen LogP contribution in [0.15, 0.2) is 35.7 Å². The van der Waals surface area contributed by atoms with Crippen molar-refractivity contribution >= 4 is 29.1 Å². The van der Waals surface area contributed by atoms with Crippen LogP contribution in [0.3, 0.4) is 0 Å². The number of aryl methyl sites for hydroxylation is 1. The first-order valence-corrected chi connectivity index (χ1v) is 8.64. The molecule has 1 aromatic heterocycles. The van der Waals surface area contributed by atoms with E-state index in [1.807, 2.05) is 30.5 Å². The molecule has 1 aromatic carbocycles. The molecule has 0 bridgehead atoms. The first-order valence-electron chi connectivity index (χ1n) is 7.76. The minimum atomic E-state index is -0.306. The van der Waals surface area contributed by atoms with E-state index in [1.54, 1.807) is 23.5 Å². The average Bonchev–Trinajstić information content (AvgIpc) is 3.11. The lowest BCUT2D eigenvalue weighted by atomic mass is 9.97. The summed E-state index contributed by atoms with van der Waals surface area (Å²) in [6, 6.07) is 9.20. The molecule has 3 amide bonds. The first-order chi connectivity index (χ1) is 11.5. The minimum absolute atomic E-state index is 0.122. The molecule has 2 N–H and O–H groups in total. The van der Waals surface area contributed by atoms with E-state index >= 15 is 0 Å². The highest BCUT2D eigenvalue weighted by molar-refractivity contribution is 7.10. The van der Waals surface area contributed by atoms with Gasteiger partial charge in [0.15, 0.2) is 0 Å². The largest absolute Gasteiger partial charge is 0.347 e. The van der Waals surface area contributed by atoms with Crippen molar-refractivity contribution in [2.45, 2.75) is 26.3 Å². The Labute approximate surface area is 144 Å². The van der Waals surface area contributed by atoms with E-state index in [-0.39, 0.29) is 30.1 Å². The fourth-order valence-corrected chi connectivity index (χ4v) is 3.54. The maximum absolute atomic E-state index is 12.2. The Morgan fingerprint density at radius 3 is 2.58 bits per heavy atom. The quantitative estimate of drug-likeness (QED) is 0.818. The lowest BCUT2D eigenvalue weighted by Crippen LogP contribution is -2.23. The van der Waals surface area contributed by atoms with Crippen molar-refractivity contribution in [1.82, 2.24) is 10.6 Å². The Bertz CT molecular complexity index is 780. The molecule has 1 atom stereocenters. The summed E-state index contributed by atoms with van der Waals surface area (Å²) in [7, 11) is 0. The van der Waals surface area contributed by atoms with E-state index in [2.05, 4.69) is 10.6 Å². The van der Waals surface area contributed by atoms with Crippen LogP contribution in [0.5, 0.6) is 0 Å². The Balaban J connectivity index is 1.57. The van der Waals surface area contributed by atoms with Gasteiger partial charge in [0.05, 0.1) is 12.5 Å². The minimum Gasteiger partial charge on any atom is -0.347 e. The van der Waals surface area contributed by atoms with Gasteiger partial charge in [0.1, 0.15) is 0 Å². The molecule has 5 nitrogen and oxygen atoms in total. The van der Waals surface area contributed by atoms with Crippen LogP contribution in [0.1, 0.15) is 32.8 Å². The Morgan fingerprint density at radius 2 is 2.00 bits per heavy atom. The van der Waals surface area contributed by atoms with Crippen LogP contribution in [0.4, 0.5) is 0 Å². The third kappa shape index (κ3) is 3.71. The Hall–Kier alpha value is -2.47. The van der Waals surface area contributed by atoms with Gasteiger partial charge in [-0.1, -0.05) is 12.1 Å². The number of carbonyl (C=O) groups is 3. The second-order valence-corrected chi connectivity index (χ2v) is 6.92. The fraction of sp³-hybridized carbons (Fsp3) is 0.278. The summed E-state index contributed by atoms with van der Waals surface area (Å²) in [5, 5.41) is 7.23. The maximum atomic E-state index is 12.2. The van der Waals surface area contributed by atoms with Crippen molar-refractivity contribution in [3.63, 3.8) is 0 Å². The number of carbonyl (C=O) groups excluding carboxylic acids is 3. The van der Waals surface area contributed by atoms with Gasteiger partial charge in [0.25, 0.3) is 5.91 Å². The molecule has 1 saturated heterocycles. The average molecular weight is 342 g/mol. The van der Waals surface area contributed by atoms with Gasteiger partial charge in [0.2, 0.25) is 11.8 Å². The number of hydrogen-bond donors (Lipinski definition) is 2. The molecule has 0 saturated carbocycles. The molecule has 0 spiro atoms. The fourth-order valence-electron chi connectivity index (χ4n) is 2.70. The molecule has 0 aliphatic carbocycles. The summed E-state index contributed by atoms with van der Waals surface area (Å²) in [5.74, 6) is -0.861. The summed E-state index contributed by atoms with van der Waals surface area (Å²) in [6.45, 7) is 2.55. The van der Waals surface area contributed by atoms with Crippen LogP contribution in [-0.4, -0.2) is 17.7 Å². The highest BCUT2D eigenvalue weighted by Gasteiger charge is 2.30. The van der Waals surface area contributed by atoms with Crippen molar-refractivity contribution in [3.8, 4) is 0 Å². The zero-order valence-corrected chi connectivity index (χ0v) is 14.1. The zero-order valence-electron chi connectivity index (χ0n) is 13.3. The number of hydrogen-bond acceptors (Lipinski definition) is 4. The lowest BCUT2D eigenvalue weighted by molar-refractivity contribution is -0.125. The van der Waals surface area contributed by atoms with Crippen molar-refractivity contribution < 1.29 is 14.4 Å². The number of nitrogens with one attached hydrogen (secondary N) is 2. The van der Waals surface area contributed by atoms with Gasteiger partial charge >= 0.3 is 0 Å². The van der Waals surface area contributed by atoms with E-state index in [1.165, 1.54) is 5.56 Å². The lowest BCUT2D eigenvalue weighted by Gasteiger charge is -2.08. The molecule has 3 rings (SSSR count). The standard InChI is InChI=1S/C18H18N2O3S/c1-11-6-7-24-15(11)10-19-17(22)13-4-2-12(3-5-13)8-14-9-16(21)20-18(14)23/h2-7,14H,8-10H2,1H3,(H,19,22)(H,20,21,23)/t14-/m1/s1. The molecular weight excluding hydrogens is 324 g/mol. The zero-order chi connectivity index (χ0) is 17.1. The monoisotopic (exact) mass is 342 g/mol. The van der Waals surface area contributed by atoms with E-state index in [0.717, 1.165) is 10.4 Å². The van der Waals surface area contributed by atoms with Gasteiger partial charge in [-0.3, -0.25) is 19.7 Å². The topological polar surface area (TPSA) is 75.3 Å². The second-order valence-electron chi connectivity index (χ2n) is 5.92. The van der Waals surface area contributed by atoms with Gasteiger partial charge in [-0.15, -0.1) is 11.3 Å². The second kappa shape index (κ2) is 6.97. The highest BCUT2D eigenvalue weighted by Crippen LogP contribution is 2.18. The van der Waals surface area contributed by atoms with E-state index in [9.17, 15) is 14.4 Å². The molecule has 24 heavy (non-hydrogen) atoms. The number of amides is 3. The van der Waals surface area contributed by atoms with Gasteiger partial charge in [-0.25, -0.2) is 0 Å². The summed E-state index contributed by atoms with van der Waals surface area (Å²) in [4.78, 5) is 36.1. The van der Waals surface area contributed by atoms with E-state index in [0.29, 0.717) is 18.5 Å². The maximum Gasteiger partial charge on any atom is 0.251 e. The van der Waals surface area contributed by atoms with Crippen LogP contribution >= 0.6 is 11.3 Å². The van der Waals surface area contributed by atoms with Crippen molar-refractivity contribution in [2.75, 3.05) is 0 Å². The predicted octanol–water partition coefficient (Wildman–Crippen LogP) is 2.19. The van der Waals surface area contributed by atoms with Crippen LogP contribution in [0, 0.1) is 12.8 Å². The SMILES string of the molecule is Cc1ccsc1CNC(=O)c1ccc(C[C@@H]2CC(=O)NC2=O)cc1. The molecule has 6 heteroatoms. The van der Waals surface area contributed by atoms with E-state index in [4.69, 9.17) is 0 Å². The van der Waals surface area contributed by atoms with Crippen LogP contribution in [-0.2, 0) is 22.6 Å². The normalized spacial score (nSPS) is 17.0. The molecule has 2 aromatic rings. The molecule has 1 fully saturated rings. The third-order valence-corrected chi connectivity index (χ3v) is 5.16. The first kappa shape index (κ1) is 16.4. The van der Waals surface area contributed by atoms with Gasteiger partial charge < -0.3 is 5.32 Å². The molecular formula is C18H18N2O3S. The van der Waals surface area contributed by atoms with Crippen LogP contribution in [0.25, 0.3) is 0 Å².